The van der Waals surface area contributed by atoms with E-state index in [0.29, 0.717) is 16.9 Å². The van der Waals surface area contributed by atoms with Gasteiger partial charge in [-0.25, -0.2) is 4.98 Å². The molecule has 5 rings (SSSR count). The molecule has 0 atom stereocenters. The van der Waals surface area contributed by atoms with E-state index < -0.39 is 0 Å². The first-order valence-electron chi connectivity index (χ1n) is 9.12. The molecule has 0 aliphatic carbocycles. The summed E-state index contributed by atoms with van der Waals surface area (Å²) in [5.41, 5.74) is 5.03. The van der Waals surface area contributed by atoms with Crippen molar-refractivity contribution in [2.24, 2.45) is 0 Å². The molecule has 0 bridgehead atoms. The van der Waals surface area contributed by atoms with Gasteiger partial charge in [-0.15, -0.1) is 0 Å². The number of nitriles is 1. The molecule has 27 heavy (non-hydrogen) atoms. The number of anilines is 1. The number of rotatable bonds is 2. The molecule has 1 aliphatic heterocycles. The molecule has 1 fully saturated rings. The van der Waals surface area contributed by atoms with Crippen LogP contribution in [0.15, 0.2) is 59.1 Å². The van der Waals surface area contributed by atoms with Crippen LogP contribution in [-0.4, -0.2) is 31.2 Å². The maximum absolute atomic E-state index is 9.78. The van der Waals surface area contributed by atoms with Crippen LogP contribution in [0.25, 0.3) is 33.2 Å². The monoisotopic (exact) mass is 354 g/mol. The normalized spacial score (nSPS) is 14.6. The fourth-order valence-electron chi connectivity index (χ4n) is 3.91. The predicted molar refractivity (Wildman–Crippen MR) is 107 cm³/mol. The number of pyridine rings is 1. The lowest BCUT2D eigenvalue weighted by molar-refractivity contribution is 0.590. The van der Waals surface area contributed by atoms with E-state index in [4.69, 9.17) is 4.42 Å². The average molecular weight is 354 g/mol. The van der Waals surface area contributed by atoms with E-state index in [0.717, 1.165) is 53.8 Å². The minimum absolute atomic E-state index is 0.542. The molecule has 0 radical (unpaired) electrons. The van der Waals surface area contributed by atoms with Crippen LogP contribution in [0.5, 0.6) is 0 Å². The third-order valence-corrected chi connectivity index (χ3v) is 5.13. The number of benzene rings is 2. The van der Waals surface area contributed by atoms with Gasteiger partial charge in [0.15, 0.2) is 5.58 Å². The molecule has 5 heteroatoms. The van der Waals surface area contributed by atoms with Gasteiger partial charge in [0.2, 0.25) is 5.71 Å². The lowest BCUT2D eigenvalue weighted by atomic mass is 9.96. The summed E-state index contributed by atoms with van der Waals surface area (Å²) in [6, 6.07) is 18.5. The standard InChI is InChI=1S/C22H18N4O/c23-14-16-13-18(15-5-2-1-3-6-15)20(26-11-9-24-10-12-26)19-17-7-4-8-25-22(17)27-21(16)19/h1-8,13,24H,9-12H2. The van der Waals surface area contributed by atoms with Crippen molar-refractivity contribution in [1.82, 2.24) is 10.3 Å². The smallest absolute Gasteiger partial charge is 0.227 e. The summed E-state index contributed by atoms with van der Waals surface area (Å²) in [4.78, 5) is 6.77. The van der Waals surface area contributed by atoms with Crippen LogP contribution < -0.4 is 10.2 Å². The van der Waals surface area contributed by atoms with E-state index in [9.17, 15) is 5.26 Å². The molecule has 0 unspecified atom stereocenters. The van der Waals surface area contributed by atoms with Gasteiger partial charge >= 0.3 is 0 Å². The van der Waals surface area contributed by atoms with Gasteiger partial charge in [0, 0.05) is 37.9 Å². The summed E-state index contributed by atoms with van der Waals surface area (Å²) < 4.78 is 6.02. The van der Waals surface area contributed by atoms with Crippen molar-refractivity contribution >= 4 is 27.8 Å². The maximum Gasteiger partial charge on any atom is 0.227 e. The molecule has 4 aromatic rings. The Labute approximate surface area is 156 Å². The summed E-state index contributed by atoms with van der Waals surface area (Å²) in [7, 11) is 0. The van der Waals surface area contributed by atoms with E-state index in [1.807, 2.05) is 36.4 Å². The van der Waals surface area contributed by atoms with Gasteiger partial charge in [0.05, 0.1) is 22.0 Å². The molecular formula is C22H18N4O. The zero-order chi connectivity index (χ0) is 18.2. The van der Waals surface area contributed by atoms with Gasteiger partial charge in [-0.05, 0) is 23.8 Å². The first-order chi connectivity index (χ1) is 13.4. The lowest BCUT2D eigenvalue weighted by Gasteiger charge is -2.32. The summed E-state index contributed by atoms with van der Waals surface area (Å²) in [6.07, 6.45) is 1.72. The van der Waals surface area contributed by atoms with Gasteiger partial charge in [0.25, 0.3) is 0 Å². The number of fused-ring (bicyclic) bond motifs is 3. The Bertz CT molecular complexity index is 1170. The Balaban J connectivity index is 1.93. The van der Waals surface area contributed by atoms with Crippen LogP contribution in [0.2, 0.25) is 0 Å². The van der Waals surface area contributed by atoms with E-state index in [-0.39, 0.29) is 0 Å². The minimum Gasteiger partial charge on any atom is -0.436 e. The van der Waals surface area contributed by atoms with Crippen LogP contribution in [0.4, 0.5) is 5.69 Å². The van der Waals surface area contributed by atoms with Crippen molar-refractivity contribution in [1.29, 1.82) is 5.26 Å². The van der Waals surface area contributed by atoms with Crippen LogP contribution in [0, 0.1) is 11.3 Å². The molecule has 3 heterocycles. The van der Waals surface area contributed by atoms with Crippen LogP contribution in [-0.2, 0) is 0 Å². The molecule has 1 N–H and O–H groups in total. The quantitative estimate of drug-likeness (QED) is 0.591. The minimum atomic E-state index is 0.542. The van der Waals surface area contributed by atoms with Crippen molar-refractivity contribution in [2.75, 3.05) is 31.1 Å². The first kappa shape index (κ1) is 15.9. The zero-order valence-corrected chi connectivity index (χ0v) is 14.8. The molecule has 1 saturated heterocycles. The van der Waals surface area contributed by atoms with E-state index in [2.05, 4.69) is 33.4 Å². The van der Waals surface area contributed by atoms with Gasteiger partial charge in [-0.3, -0.25) is 0 Å². The van der Waals surface area contributed by atoms with Crippen LogP contribution >= 0.6 is 0 Å². The third-order valence-electron chi connectivity index (χ3n) is 5.13. The molecule has 2 aromatic carbocycles. The second kappa shape index (κ2) is 6.42. The molecule has 2 aromatic heterocycles. The molecule has 5 nitrogen and oxygen atoms in total. The average Bonchev–Trinajstić information content (AvgIpc) is 3.13. The van der Waals surface area contributed by atoms with Crippen molar-refractivity contribution in [3.8, 4) is 17.2 Å². The third kappa shape index (κ3) is 2.54. The number of nitrogens with one attached hydrogen (secondary N) is 1. The summed E-state index contributed by atoms with van der Waals surface area (Å²) >= 11 is 0. The molecule has 0 spiro atoms. The van der Waals surface area contributed by atoms with Crippen molar-refractivity contribution < 1.29 is 4.42 Å². The molecule has 1 aliphatic rings. The predicted octanol–water partition coefficient (Wildman–Crippen LogP) is 3.93. The van der Waals surface area contributed by atoms with Gasteiger partial charge in [0.1, 0.15) is 6.07 Å². The molecule has 132 valence electrons. The van der Waals surface area contributed by atoms with Crippen molar-refractivity contribution in [3.05, 3.63) is 60.3 Å². The highest BCUT2D eigenvalue weighted by Gasteiger charge is 2.24. The van der Waals surface area contributed by atoms with Gasteiger partial charge in [-0.2, -0.15) is 5.26 Å². The Morgan fingerprint density at radius 2 is 1.89 bits per heavy atom. The highest BCUT2D eigenvalue weighted by molar-refractivity contribution is 6.15. The number of aromatic nitrogens is 1. The van der Waals surface area contributed by atoms with Gasteiger partial charge in [-0.1, -0.05) is 30.3 Å². The van der Waals surface area contributed by atoms with E-state index in [1.54, 1.807) is 6.20 Å². The van der Waals surface area contributed by atoms with Crippen LogP contribution in [0.3, 0.4) is 0 Å². The highest BCUT2D eigenvalue weighted by atomic mass is 16.3. The maximum atomic E-state index is 9.78. The fraction of sp³-hybridized carbons (Fsp3) is 0.182. The largest absolute Gasteiger partial charge is 0.436 e. The zero-order valence-electron chi connectivity index (χ0n) is 14.8. The molecular weight excluding hydrogens is 336 g/mol. The van der Waals surface area contributed by atoms with Crippen molar-refractivity contribution in [2.45, 2.75) is 0 Å². The number of hydrogen-bond donors (Lipinski definition) is 1. The summed E-state index contributed by atoms with van der Waals surface area (Å²) in [5, 5.41) is 15.1. The molecule has 0 saturated carbocycles. The number of hydrogen-bond acceptors (Lipinski definition) is 5. The second-order valence-electron chi connectivity index (χ2n) is 6.70. The number of piperazine rings is 1. The fourth-order valence-corrected chi connectivity index (χ4v) is 3.91. The summed E-state index contributed by atoms with van der Waals surface area (Å²) in [6.45, 7) is 3.69. The first-order valence-corrected chi connectivity index (χ1v) is 9.12. The Morgan fingerprint density at radius 1 is 1.07 bits per heavy atom. The van der Waals surface area contributed by atoms with Crippen LogP contribution in [0.1, 0.15) is 5.56 Å². The highest BCUT2D eigenvalue weighted by Crippen LogP contribution is 2.43. The number of furan rings is 1. The van der Waals surface area contributed by atoms with E-state index >= 15 is 0 Å². The Hall–Kier alpha value is -3.36. The Morgan fingerprint density at radius 3 is 2.67 bits per heavy atom. The lowest BCUT2D eigenvalue weighted by Crippen LogP contribution is -2.43. The topological polar surface area (TPSA) is 65.1 Å². The molecule has 0 amide bonds. The summed E-state index contributed by atoms with van der Waals surface area (Å²) in [5.74, 6) is 0. The van der Waals surface area contributed by atoms with E-state index in [1.165, 1.54) is 0 Å². The van der Waals surface area contributed by atoms with Gasteiger partial charge < -0.3 is 14.6 Å². The Kier molecular flexibility index (Phi) is 3.77. The second-order valence-corrected chi connectivity index (χ2v) is 6.70. The van der Waals surface area contributed by atoms with Crippen molar-refractivity contribution in [3.63, 3.8) is 0 Å². The number of nitrogens with zero attached hydrogens (tertiary/aromatic N) is 3. The SMILES string of the molecule is N#Cc1cc(-c2ccccc2)c(N2CCNCC2)c2c1oc1ncccc12.